The molecule has 0 aliphatic heterocycles. The SMILES string of the molecule is O=C(C#CCCO)Nc1ccc2ncnc(Nc3ccc(Oc4ccn5ncnc5c4)cc3)c2c1. The Labute approximate surface area is 199 Å². The summed E-state index contributed by atoms with van der Waals surface area (Å²) >= 11 is 0. The fourth-order valence-electron chi connectivity index (χ4n) is 3.33. The Bertz CT molecular complexity index is 1570. The quantitative estimate of drug-likeness (QED) is 0.325. The van der Waals surface area contributed by atoms with E-state index in [4.69, 9.17) is 9.84 Å². The molecule has 3 N–H and O–H groups in total. The molecule has 0 saturated heterocycles. The van der Waals surface area contributed by atoms with Gasteiger partial charge >= 0.3 is 0 Å². The van der Waals surface area contributed by atoms with Crippen molar-refractivity contribution in [2.45, 2.75) is 6.42 Å². The van der Waals surface area contributed by atoms with Crippen molar-refractivity contribution in [1.82, 2.24) is 24.6 Å². The molecule has 3 aromatic heterocycles. The molecule has 0 aliphatic rings. The first kappa shape index (κ1) is 21.8. The van der Waals surface area contributed by atoms with Crippen molar-refractivity contribution >= 4 is 39.6 Å². The molecule has 1 amide bonds. The van der Waals surface area contributed by atoms with Crippen molar-refractivity contribution in [3.8, 4) is 23.3 Å². The highest BCUT2D eigenvalue weighted by molar-refractivity contribution is 6.05. The normalized spacial score (nSPS) is 10.5. The van der Waals surface area contributed by atoms with Crippen LogP contribution in [0.3, 0.4) is 0 Å². The molecule has 0 spiro atoms. The lowest BCUT2D eigenvalue weighted by molar-refractivity contribution is -0.111. The van der Waals surface area contributed by atoms with Gasteiger partial charge in [0.2, 0.25) is 0 Å². The van der Waals surface area contributed by atoms with Crippen LogP contribution in [0.15, 0.2) is 73.4 Å². The zero-order valence-corrected chi connectivity index (χ0v) is 18.3. The Morgan fingerprint density at radius 3 is 2.69 bits per heavy atom. The standard InChI is InChI=1S/C25H19N7O3/c33-12-2-1-3-24(34)30-18-6-9-22-21(13-18)25(28-15-26-22)31-17-4-7-19(8-5-17)35-20-10-11-32-23(14-20)27-16-29-32/h4-11,13-16,33H,2,12H2,(H,30,34)(H,26,28,31). The summed E-state index contributed by atoms with van der Waals surface area (Å²) in [4.78, 5) is 24.8. The third kappa shape index (κ3) is 5.16. The van der Waals surface area contributed by atoms with Gasteiger partial charge in [-0.3, -0.25) is 4.79 Å². The van der Waals surface area contributed by atoms with Gasteiger partial charge in [0.25, 0.3) is 5.91 Å². The van der Waals surface area contributed by atoms with Gasteiger partial charge in [-0.1, -0.05) is 5.92 Å². The molecule has 0 fully saturated rings. The number of amides is 1. The molecular formula is C25H19N7O3. The van der Waals surface area contributed by atoms with Crippen LogP contribution in [0, 0.1) is 11.8 Å². The van der Waals surface area contributed by atoms with Gasteiger partial charge in [-0.25, -0.2) is 19.5 Å². The van der Waals surface area contributed by atoms with Crippen molar-refractivity contribution < 1.29 is 14.6 Å². The topological polar surface area (TPSA) is 127 Å². The van der Waals surface area contributed by atoms with Gasteiger partial charge in [0.1, 0.15) is 30.0 Å². The number of aromatic nitrogens is 5. The summed E-state index contributed by atoms with van der Waals surface area (Å²) < 4.78 is 7.58. The fourth-order valence-corrected chi connectivity index (χ4v) is 3.33. The molecule has 172 valence electrons. The van der Waals surface area contributed by atoms with Crippen LogP contribution in [0.25, 0.3) is 16.6 Å². The number of hydrogen-bond donors (Lipinski definition) is 3. The van der Waals surface area contributed by atoms with Crippen molar-refractivity contribution in [2.24, 2.45) is 0 Å². The summed E-state index contributed by atoms with van der Waals surface area (Å²) in [5.74, 6) is 6.49. The first-order valence-electron chi connectivity index (χ1n) is 10.7. The molecule has 35 heavy (non-hydrogen) atoms. The Morgan fingerprint density at radius 1 is 0.971 bits per heavy atom. The number of fused-ring (bicyclic) bond motifs is 2. The Balaban J connectivity index is 1.32. The number of ether oxygens (including phenoxy) is 1. The summed E-state index contributed by atoms with van der Waals surface area (Å²) in [6, 6.07) is 16.4. The highest BCUT2D eigenvalue weighted by atomic mass is 16.5. The minimum absolute atomic E-state index is 0.0887. The van der Waals surface area contributed by atoms with E-state index >= 15 is 0 Å². The number of aliphatic hydroxyl groups excluding tert-OH is 1. The average molecular weight is 465 g/mol. The number of carbonyl (C=O) groups is 1. The Kier molecular flexibility index (Phi) is 6.15. The molecular weight excluding hydrogens is 446 g/mol. The lowest BCUT2D eigenvalue weighted by atomic mass is 10.2. The summed E-state index contributed by atoms with van der Waals surface area (Å²) in [5.41, 5.74) is 2.78. The van der Waals surface area contributed by atoms with Crippen LogP contribution >= 0.6 is 0 Å². The van der Waals surface area contributed by atoms with Crippen LogP contribution < -0.4 is 15.4 Å². The van der Waals surface area contributed by atoms with Crippen LogP contribution in [0.1, 0.15) is 6.42 Å². The first-order chi connectivity index (χ1) is 17.2. The van der Waals surface area contributed by atoms with Crippen LogP contribution in [0.4, 0.5) is 17.2 Å². The third-order valence-electron chi connectivity index (χ3n) is 4.94. The minimum atomic E-state index is -0.456. The molecule has 0 bridgehead atoms. The van der Waals surface area contributed by atoms with Gasteiger partial charge in [-0.2, -0.15) is 5.10 Å². The Morgan fingerprint density at radius 2 is 1.83 bits per heavy atom. The predicted octanol–water partition coefficient (Wildman–Crippen LogP) is 3.53. The zero-order valence-electron chi connectivity index (χ0n) is 18.3. The van der Waals surface area contributed by atoms with E-state index in [0.717, 1.165) is 16.6 Å². The average Bonchev–Trinajstić information content (AvgIpc) is 3.34. The van der Waals surface area contributed by atoms with E-state index in [1.807, 2.05) is 30.3 Å². The third-order valence-corrected chi connectivity index (χ3v) is 4.94. The summed E-state index contributed by atoms with van der Waals surface area (Å²) in [6.07, 6.45) is 4.99. The van der Waals surface area contributed by atoms with E-state index in [9.17, 15) is 4.79 Å². The van der Waals surface area contributed by atoms with Crippen molar-refractivity contribution in [2.75, 3.05) is 17.2 Å². The summed E-state index contributed by atoms with van der Waals surface area (Å²) in [6.45, 7) is -0.0887. The second kappa shape index (κ2) is 9.86. The minimum Gasteiger partial charge on any atom is -0.457 e. The van der Waals surface area contributed by atoms with Crippen molar-refractivity contribution in [3.63, 3.8) is 0 Å². The number of pyridine rings is 1. The second-order valence-corrected chi connectivity index (χ2v) is 7.36. The largest absolute Gasteiger partial charge is 0.457 e. The molecule has 0 saturated carbocycles. The lowest BCUT2D eigenvalue weighted by Gasteiger charge is -2.11. The number of carbonyl (C=O) groups excluding carboxylic acids is 1. The van der Waals surface area contributed by atoms with Crippen LogP contribution in [-0.2, 0) is 4.79 Å². The molecule has 0 unspecified atom stereocenters. The molecule has 0 atom stereocenters. The number of nitrogens with zero attached hydrogens (tertiary/aromatic N) is 5. The van der Waals surface area contributed by atoms with E-state index in [1.165, 1.54) is 12.7 Å². The highest BCUT2D eigenvalue weighted by Crippen LogP contribution is 2.28. The molecule has 0 radical (unpaired) electrons. The molecule has 5 aromatic rings. The first-order valence-corrected chi connectivity index (χ1v) is 10.7. The lowest BCUT2D eigenvalue weighted by Crippen LogP contribution is -2.08. The molecule has 3 heterocycles. The van der Waals surface area contributed by atoms with Gasteiger partial charge in [-0.15, -0.1) is 0 Å². The predicted molar refractivity (Wildman–Crippen MR) is 130 cm³/mol. The molecule has 10 heteroatoms. The van der Waals surface area contributed by atoms with Gasteiger partial charge < -0.3 is 20.5 Å². The summed E-state index contributed by atoms with van der Waals surface area (Å²) in [5, 5.41) is 19.6. The van der Waals surface area contributed by atoms with Gasteiger partial charge in [0.15, 0.2) is 5.65 Å². The van der Waals surface area contributed by atoms with Gasteiger partial charge in [0, 0.05) is 35.4 Å². The van der Waals surface area contributed by atoms with Crippen LogP contribution in [0.5, 0.6) is 11.5 Å². The second-order valence-electron chi connectivity index (χ2n) is 7.36. The van der Waals surface area contributed by atoms with Crippen LogP contribution in [-0.4, -0.2) is 42.2 Å². The summed E-state index contributed by atoms with van der Waals surface area (Å²) in [7, 11) is 0. The van der Waals surface area contributed by atoms with E-state index in [-0.39, 0.29) is 13.0 Å². The van der Waals surface area contributed by atoms with E-state index in [0.29, 0.717) is 28.7 Å². The maximum Gasteiger partial charge on any atom is 0.300 e. The molecule has 0 aliphatic carbocycles. The number of anilines is 3. The molecule has 10 nitrogen and oxygen atoms in total. The number of nitrogens with one attached hydrogen (secondary N) is 2. The van der Waals surface area contributed by atoms with Crippen molar-refractivity contribution in [3.05, 3.63) is 73.4 Å². The van der Waals surface area contributed by atoms with E-state index in [2.05, 4.69) is 42.5 Å². The monoisotopic (exact) mass is 465 g/mol. The van der Waals surface area contributed by atoms with Gasteiger partial charge in [-0.05, 0) is 54.5 Å². The Hall–Kier alpha value is -5.01. The highest BCUT2D eigenvalue weighted by Gasteiger charge is 2.08. The number of aliphatic hydroxyl groups is 1. The van der Waals surface area contributed by atoms with Crippen LogP contribution in [0.2, 0.25) is 0 Å². The van der Waals surface area contributed by atoms with E-state index in [1.54, 1.807) is 35.0 Å². The van der Waals surface area contributed by atoms with Crippen molar-refractivity contribution in [1.29, 1.82) is 0 Å². The number of benzene rings is 2. The number of hydrogen-bond acceptors (Lipinski definition) is 8. The zero-order chi connectivity index (χ0) is 24.0. The maximum atomic E-state index is 12.0. The molecule has 5 rings (SSSR count). The van der Waals surface area contributed by atoms with Gasteiger partial charge in [0.05, 0.1) is 12.1 Å². The fraction of sp³-hybridized carbons (Fsp3) is 0.0800. The number of rotatable bonds is 6. The molecule has 2 aromatic carbocycles. The van der Waals surface area contributed by atoms with E-state index < -0.39 is 5.91 Å². The smallest absolute Gasteiger partial charge is 0.300 e. The maximum absolute atomic E-state index is 12.0.